The molecular formula is C26H33N7O2. The zero-order valence-corrected chi connectivity index (χ0v) is 20.0. The largest absolute Gasteiger partial charge is 0.395 e. The van der Waals surface area contributed by atoms with Crippen LogP contribution in [0, 0.1) is 0 Å². The van der Waals surface area contributed by atoms with E-state index in [-0.39, 0.29) is 18.4 Å². The topological polar surface area (TPSA) is 89.2 Å². The standard InChI is InChI=1S/C26H33N7O2/c1-2-26(35)32-9-3-4-20(18-32)23-17-28-33-19-27-25(16-24(23)33)29-21-5-7-22(8-6-21)31-12-10-30(11-13-31)14-15-34/h2,5-8,16-17,19-20,29,34H,1,3-4,9-15,18H2. The molecule has 1 amide bonds. The van der Waals surface area contributed by atoms with E-state index in [0.29, 0.717) is 6.54 Å². The number of aromatic nitrogens is 3. The summed E-state index contributed by atoms with van der Waals surface area (Å²) in [5, 5.41) is 17.0. The molecule has 0 spiro atoms. The first-order valence-electron chi connectivity index (χ1n) is 12.3. The Morgan fingerprint density at radius 3 is 2.71 bits per heavy atom. The summed E-state index contributed by atoms with van der Waals surface area (Å²) in [6, 6.07) is 10.5. The van der Waals surface area contributed by atoms with E-state index in [4.69, 9.17) is 5.11 Å². The molecule has 2 aliphatic rings. The van der Waals surface area contributed by atoms with Crippen LogP contribution in [-0.4, -0.2) is 87.8 Å². The van der Waals surface area contributed by atoms with Gasteiger partial charge in [-0.2, -0.15) is 5.10 Å². The van der Waals surface area contributed by atoms with Gasteiger partial charge in [-0.15, -0.1) is 0 Å². The maximum absolute atomic E-state index is 12.1. The smallest absolute Gasteiger partial charge is 0.245 e. The van der Waals surface area contributed by atoms with E-state index in [1.165, 1.54) is 11.8 Å². The molecule has 2 N–H and O–H groups in total. The van der Waals surface area contributed by atoms with Crippen molar-refractivity contribution in [1.29, 1.82) is 0 Å². The highest BCUT2D eigenvalue weighted by Gasteiger charge is 2.26. The Morgan fingerprint density at radius 2 is 1.97 bits per heavy atom. The fourth-order valence-corrected chi connectivity index (χ4v) is 5.13. The third-order valence-corrected chi connectivity index (χ3v) is 7.08. The van der Waals surface area contributed by atoms with Gasteiger partial charge in [0.1, 0.15) is 12.1 Å². The Bertz CT molecular complexity index is 1170. The quantitative estimate of drug-likeness (QED) is 0.508. The number of fused-ring (bicyclic) bond motifs is 1. The molecule has 2 fully saturated rings. The molecule has 184 valence electrons. The molecule has 9 nitrogen and oxygen atoms in total. The average molecular weight is 476 g/mol. The molecule has 1 unspecified atom stereocenters. The maximum atomic E-state index is 12.1. The Labute approximate surface area is 205 Å². The van der Waals surface area contributed by atoms with Crippen molar-refractivity contribution in [2.45, 2.75) is 18.8 Å². The second-order valence-electron chi connectivity index (χ2n) is 9.26. The number of piperidine rings is 1. The van der Waals surface area contributed by atoms with Crippen LogP contribution in [0.4, 0.5) is 17.2 Å². The lowest BCUT2D eigenvalue weighted by molar-refractivity contribution is -0.127. The first kappa shape index (κ1) is 23.3. The van der Waals surface area contributed by atoms with Crippen LogP contribution < -0.4 is 10.2 Å². The summed E-state index contributed by atoms with van der Waals surface area (Å²) >= 11 is 0. The number of hydrogen-bond donors (Lipinski definition) is 2. The summed E-state index contributed by atoms with van der Waals surface area (Å²) in [6.45, 7) is 9.93. The van der Waals surface area contributed by atoms with Crippen LogP contribution in [-0.2, 0) is 4.79 Å². The number of amides is 1. The molecule has 9 heteroatoms. The number of carbonyl (C=O) groups excluding carboxylic acids is 1. The molecule has 2 saturated heterocycles. The molecule has 2 aliphatic heterocycles. The summed E-state index contributed by atoms with van der Waals surface area (Å²) in [5.74, 6) is 1.00. The molecule has 0 radical (unpaired) electrons. The number of β-amino-alcohol motifs (C(OH)–C–C–N with tert-alkyl or cyclic N) is 1. The highest BCUT2D eigenvalue weighted by Crippen LogP contribution is 2.31. The summed E-state index contributed by atoms with van der Waals surface area (Å²) in [6.07, 6.45) is 7.04. The van der Waals surface area contributed by atoms with E-state index in [1.54, 1.807) is 10.8 Å². The van der Waals surface area contributed by atoms with Crippen LogP contribution in [0.3, 0.4) is 0 Å². The van der Waals surface area contributed by atoms with Crippen LogP contribution in [0.5, 0.6) is 0 Å². The lowest BCUT2D eigenvalue weighted by atomic mass is 9.91. The number of likely N-dealkylation sites (tertiary alicyclic amines) is 1. The van der Waals surface area contributed by atoms with Gasteiger partial charge < -0.3 is 20.2 Å². The minimum atomic E-state index is -0.00863. The number of aliphatic hydroxyl groups is 1. The van der Waals surface area contributed by atoms with Gasteiger partial charge in [-0.3, -0.25) is 9.69 Å². The van der Waals surface area contributed by atoms with Crippen molar-refractivity contribution in [3.05, 3.63) is 61.1 Å². The highest BCUT2D eigenvalue weighted by molar-refractivity contribution is 5.87. The molecule has 35 heavy (non-hydrogen) atoms. The Hall–Kier alpha value is -3.43. The minimum Gasteiger partial charge on any atom is -0.395 e. The van der Waals surface area contributed by atoms with Crippen molar-refractivity contribution in [2.24, 2.45) is 0 Å². The number of aliphatic hydroxyl groups excluding tert-OH is 1. The zero-order chi connectivity index (χ0) is 24.2. The van der Waals surface area contributed by atoms with E-state index in [9.17, 15) is 4.79 Å². The number of nitrogens with zero attached hydrogens (tertiary/aromatic N) is 6. The maximum Gasteiger partial charge on any atom is 0.245 e. The number of piperazine rings is 1. The van der Waals surface area contributed by atoms with E-state index < -0.39 is 0 Å². The van der Waals surface area contributed by atoms with Crippen LogP contribution in [0.2, 0.25) is 0 Å². The van der Waals surface area contributed by atoms with Gasteiger partial charge in [-0.05, 0) is 43.2 Å². The molecule has 2 aromatic heterocycles. The van der Waals surface area contributed by atoms with E-state index >= 15 is 0 Å². The van der Waals surface area contributed by atoms with Gasteiger partial charge in [0.25, 0.3) is 0 Å². The molecular weight excluding hydrogens is 442 g/mol. The molecule has 0 saturated carbocycles. The summed E-state index contributed by atoms with van der Waals surface area (Å²) in [7, 11) is 0. The van der Waals surface area contributed by atoms with Gasteiger partial charge in [0.05, 0.1) is 18.3 Å². The van der Waals surface area contributed by atoms with Gasteiger partial charge in [-0.1, -0.05) is 6.58 Å². The van der Waals surface area contributed by atoms with Crippen LogP contribution >= 0.6 is 0 Å². The predicted octanol–water partition coefficient (Wildman–Crippen LogP) is 2.48. The zero-order valence-electron chi connectivity index (χ0n) is 20.0. The van der Waals surface area contributed by atoms with Crippen molar-refractivity contribution in [2.75, 3.05) is 62.6 Å². The molecule has 0 aliphatic carbocycles. The monoisotopic (exact) mass is 475 g/mol. The fraction of sp³-hybridized carbons (Fsp3) is 0.423. The second kappa shape index (κ2) is 10.5. The Balaban J connectivity index is 1.27. The molecule has 1 aromatic carbocycles. The van der Waals surface area contributed by atoms with Gasteiger partial charge >= 0.3 is 0 Å². The van der Waals surface area contributed by atoms with Crippen LogP contribution in [0.1, 0.15) is 24.3 Å². The van der Waals surface area contributed by atoms with Gasteiger partial charge in [0.15, 0.2) is 0 Å². The number of anilines is 3. The second-order valence-corrected chi connectivity index (χ2v) is 9.26. The summed E-state index contributed by atoms with van der Waals surface area (Å²) < 4.78 is 1.80. The number of hydrogen-bond acceptors (Lipinski definition) is 7. The molecule has 3 aromatic rings. The molecule has 5 rings (SSSR count). The van der Waals surface area contributed by atoms with Crippen molar-refractivity contribution >= 4 is 28.6 Å². The van der Waals surface area contributed by atoms with E-state index in [2.05, 4.69) is 56.0 Å². The van der Waals surface area contributed by atoms with Crippen molar-refractivity contribution in [3.8, 4) is 0 Å². The first-order valence-corrected chi connectivity index (χ1v) is 12.3. The highest BCUT2D eigenvalue weighted by atomic mass is 16.3. The third kappa shape index (κ3) is 5.16. The van der Waals surface area contributed by atoms with E-state index in [1.807, 2.05) is 17.2 Å². The first-order chi connectivity index (χ1) is 17.1. The number of benzene rings is 1. The molecule has 1 atom stereocenters. The average Bonchev–Trinajstić information content (AvgIpc) is 3.33. The summed E-state index contributed by atoms with van der Waals surface area (Å²) in [5.41, 5.74) is 4.34. The molecule has 4 heterocycles. The van der Waals surface area contributed by atoms with Crippen LogP contribution in [0.15, 0.2) is 55.5 Å². The van der Waals surface area contributed by atoms with E-state index in [0.717, 1.165) is 74.7 Å². The Morgan fingerprint density at radius 1 is 1.17 bits per heavy atom. The van der Waals surface area contributed by atoms with Crippen molar-refractivity contribution < 1.29 is 9.90 Å². The third-order valence-electron chi connectivity index (χ3n) is 7.08. The lowest BCUT2D eigenvalue weighted by Gasteiger charge is -2.35. The normalized spacial score (nSPS) is 19.2. The minimum absolute atomic E-state index is 0.00863. The summed E-state index contributed by atoms with van der Waals surface area (Å²) in [4.78, 5) is 23.2. The Kier molecular flexibility index (Phi) is 6.96. The van der Waals surface area contributed by atoms with Gasteiger partial charge in [-0.25, -0.2) is 9.50 Å². The lowest BCUT2D eigenvalue weighted by Crippen LogP contribution is -2.47. The predicted molar refractivity (Wildman–Crippen MR) is 137 cm³/mol. The van der Waals surface area contributed by atoms with Gasteiger partial charge in [0, 0.05) is 74.7 Å². The number of carbonyl (C=O) groups is 1. The van der Waals surface area contributed by atoms with Gasteiger partial charge in [0.2, 0.25) is 5.91 Å². The number of nitrogens with one attached hydrogen (secondary N) is 1. The van der Waals surface area contributed by atoms with Crippen molar-refractivity contribution in [1.82, 2.24) is 24.4 Å². The number of rotatable bonds is 7. The van der Waals surface area contributed by atoms with Crippen LogP contribution in [0.25, 0.3) is 5.52 Å². The molecule has 0 bridgehead atoms. The van der Waals surface area contributed by atoms with Crippen molar-refractivity contribution in [3.63, 3.8) is 0 Å². The SMILES string of the molecule is C=CC(=O)N1CCCC(c2cnn3cnc(Nc4ccc(N5CCN(CCO)CC5)cc4)cc23)C1. The fourth-order valence-electron chi connectivity index (χ4n) is 5.13.